The second-order valence-electron chi connectivity index (χ2n) is 6.97. The second kappa shape index (κ2) is 14.1. The van der Waals surface area contributed by atoms with Crippen molar-refractivity contribution in [1.82, 2.24) is 0 Å². The SMILES string of the molecule is [Cl][Fe][Cl].c1ccc([PH+](CC[PH+](c2ccccc2)c2ccccc2)c2ccccc2)cc1. The zero-order valence-corrected chi connectivity index (χ0v) is 21.7. The molecule has 0 atom stereocenters. The normalized spacial score (nSPS) is 10.7. The van der Waals surface area contributed by atoms with Crippen LogP contribution in [0.2, 0.25) is 0 Å². The first-order valence-electron chi connectivity index (χ1n) is 10.1. The summed E-state index contributed by atoms with van der Waals surface area (Å²) in [6.07, 6.45) is 2.52. The summed E-state index contributed by atoms with van der Waals surface area (Å²) in [4.78, 5) is 0. The van der Waals surface area contributed by atoms with E-state index in [0.29, 0.717) is 0 Å². The molecule has 0 nitrogen and oxygen atoms in total. The Morgan fingerprint density at radius 2 is 0.613 bits per heavy atom. The summed E-state index contributed by atoms with van der Waals surface area (Å²) in [5.74, 6) is 0. The van der Waals surface area contributed by atoms with E-state index in [1.807, 2.05) is 0 Å². The fraction of sp³-hybridized carbons (Fsp3) is 0.0769. The van der Waals surface area contributed by atoms with Crippen LogP contribution >= 0.6 is 36.0 Å². The Kier molecular flexibility index (Phi) is 11.1. The van der Waals surface area contributed by atoms with E-state index >= 15 is 0 Å². The average molecular weight is 527 g/mol. The van der Waals surface area contributed by atoms with Gasteiger partial charge in [0.2, 0.25) is 0 Å². The summed E-state index contributed by atoms with van der Waals surface area (Å²) in [5.41, 5.74) is 0. The molecule has 0 amide bonds. The molecule has 0 heterocycles. The molecule has 0 unspecified atom stereocenters. The Morgan fingerprint density at radius 3 is 0.806 bits per heavy atom. The largest absolute Gasteiger partial charge is 0.101 e. The predicted molar refractivity (Wildman–Crippen MR) is 142 cm³/mol. The van der Waals surface area contributed by atoms with E-state index in [0.717, 1.165) is 0 Å². The minimum atomic E-state index is -0.783. The Balaban J connectivity index is 0.000000858. The standard InChI is InChI=1S/C26H24P2.2ClH.Fe/c1-5-13-23(14-6-1)27(24-15-7-2-8-16-24)21-22-28(25-17-9-3-10-18-25)26-19-11-4-12-20-26;;;/h1-20H,21-22H2;2*1H;/q;;;+2. The molecule has 160 valence electrons. The first-order chi connectivity index (χ1) is 15.3. The number of benzene rings is 4. The van der Waals surface area contributed by atoms with Gasteiger partial charge in [-0.05, 0) is 48.5 Å². The van der Waals surface area contributed by atoms with Gasteiger partial charge in [-0.3, -0.25) is 0 Å². The van der Waals surface area contributed by atoms with Crippen molar-refractivity contribution in [3.05, 3.63) is 121 Å². The van der Waals surface area contributed by atoms with Gasteiger partial charge in [-0.15, -0.1) is 0 Å². The van der Waals surface area contributed by atoms with Crippen molar-refractivity contribution in [2.45, 2.75) is 0 Å². The van der Waals surface area contributed by atoms with Crippen molar-refractivity contribution in [2.75, 3.05) is 12.3 Å². The van der Waals surface area contributed by atoms with Crippen LogP contribution in [-0.2, 0) is 13.1 Å². The third-order valence-corrected chi connectivity index (χ3v) is 11.2. The van der Waals surface area contributed by atoms with E-state index in [4.69, 9.17) is 20.2 Å². The van der Waals surface area contributed by atoms with Crippen molar-refractivity contribution >= 4 is 57.3 Å². The van der Waals surface area contributed by atoms with Gasteiger partial charge in [-0.2, -0.15) is 0 Å². The molecule has 0 aliphatic heterocycles. The van der Waals surface area contributed by atoms with Gasteiger partial charge in [-0.25, -0.2) is 0 Å². The molecule has 5 heteroatoms. The summed E-state index contributed by atoms with van der Waals surface area (Å²) < 4.78 is 0. The first kappa shape index (κ1) is 24.5. The molecule has 0 saturated carbocycles. The van der Waals surface area contributed by atoms with Gasteiger partial charge in [0.15, 0.2) is 0 Å². The van der Waals surface area contributed by atoms with E-state index in [-0.39, 0.29) is 13.1 Å². The maximum atomic E-state index is 4.76. The van der Waals surface area contributed by atoms with Crippen LogP contribution in [0.1, 0.15) is 0 Å². The number of hydrogen-bond acceptors (Lipinski definition) is 0. The van der Waals surface area contributed by atoms with E-state index in [9.17, 15) is 0 Å². The van der Waals surface area contributed by atoms with Crippen LogP contribution in [0, 0.1) is 0 Å². The third kappa shape index (κ3) is 7.73. The topological polar surface area (TPSA) is 0 Å². The molecule has 0 saturated heterocycles. The van der Waals surface area contributed by atoms with Crippen molar-refractivity contribution < 1.29 is 13.1 Å². The van der Waals surface area contributed by atoms with E-state index < -0.39 is 15.8 Å². The Bertz CT molecular complexity index is 825. The Morgan fingerprint density at radius 1 is 0.419 bits per heavy atom. The van der Waals surface area contributed by atoms with Crippen molar-refractivity contribution in [2.24, 2.45) is 0 Å². The van der Waals surface area contributed by atoms with Gasteiger partial charge in [0, 0.05) is 0 Å². The molecule has 4 aromatic carbocycles. The molecule has 0 aliphatic rings. The molecule has 0 fully saturated rings. The first-order valence-corrected chi connectivity index (χ1v) is 16.6. The maximum Gasteiger partial charge on any atom is 0.101 e. The molecule has 4 aromatic rings. The van der Waals surface area contributed by atoms with E-state index in [2.05, 4.69) is 121 Å². The summed E-state index contributed by atoms with van der Waals surface area (Å²) in [7, 11) is 7.96. The van der Waals surface area contributed by atoms with Crippen molar-refractivity contribution in [3.63, 3.8) is 0 Å². The van der Waals surface area contributed by atoms with Crippen LogP contribution in [0.3, 0.4) is 0 Å². The molecule has 0 bridgehead atoms. The molecular weight excluding hydrogens is 501 g/mol. The minimum Gasteiger partial charge on any atom is -0.0620 e. The minimum absolute atomic E-state index is 0.194. The van der Waals surface area contributed by atoms with E-state index in [1.54, 1.807) is 0 Å². The van der Waals surface area contributed by atoms with Crippen molar-refractivity contribution in [1.29, 1.82) is 0 Å². The molecule has 0 aromatic heterocycles. The van der Waals surface area contributed by atoms with Crippen LogP contribution in [0.15, 0.2) is 121 Å². The fourth-order valence-electron chi connectivity index (χ4n) is 3.72. The van der Waals surface area contributed by atoms with Gasteiger partial charge >= 0.3 is 33.3 Å². The molecular formula is C26H26Cl2FeP2+2. The van der Waals surface area contributed by atoms with Crippen LogP contribution in [0.5, 0.6) is 0 Å². The van der Waals surface area contributed by atoms with Crippen LogP contribution in [0.25, 0.3) is 0 Å². The number of rotatable bonds is 7. The van der Waals surface area contributed by atoms with Crippen LogP contribution < -0.4 is 21.2 Å². The summed E-state index contributed by atoms with van der Waals surface area (Å²) in [6.45, 7) is 0. The molecule has 0 N–H and O–H groups in total. The quantitative estimate of drug-likeness (QED) is 0.202. The molecule has 0 spiro atoms. The zero-order valence-electron chi connectivity index (χ0n) is 17.1. The van der Waals surface area contributed by atoms with Gasteiger partial charge in [0.1, 0.15) is 12.3 Å². The molecule has 0 radical (unpaired) electrons. The Hall–Kier alpha value is -1.16. The zero-order chi connectivity index (χ0) is 21.7. The third-order valence-electron chi connectivity index (χ3n) is 5.11. The number of halogens is 2. The van der Waals surface area contributed by atoms with Crippen LogP contribution in [0.4, 0.5) is 0 Å². The van der Waals surface area contributed by atoms with Gasteiger partial charge < -0.3 is 0 Å². The summed E-state index contributed by atoms with van der Waals surface area (Å²) in [5, 5.41) is 6.06. The molecule has 4 rings (SSSR count). The van der Waals surface area contributed by atoms with Crippen molar-refractivity contribution in [3.8, 4) is 0 Å². The summed E-state index contributed by atoms with van der Waals surface area (Å²) in [6, 6.07) is 44.5. The van der Waals surface area contributed by atoms with Gasteiger partial charge in [-0.1, -0.05) is 72.8 Å². The molecule has 0 aliphatic carbocycles. The predicted octanol–water partition coefficient (Wildman–Crippen LogP) is 6.09. The fourth-order valence-corrected chi connectivity index (χ4v) is 9.92. The maximum absolute atomic E-state index is 4.76. The summed E-state index contributed by atoms with van der Waals surface area (Å²) >= 11 is 0.194. The average Bonchev–Trinajstić information content (AvgIpc) is 2.85. The Labute approximate surface area is 203 Å². The van der Waals surface area contributed by atoms with Gasteiger partial charge in [0.25, 0.3) is 0 Å². The van der Waals surface area contributed by atoms with Gasteiger partial charge in [0.05, 0.1) is 37.1 Å². The smallest absolute Gasteiger partial charge is 0.0620 e. The van der Waals surface area contributed by atoms with Crippen LogP contribution in [-0.4, -0.2) is 12.3 Å². The monoisotopic (exact) mass is 526 g/mol. The second-order valence-corrected chi connectivity index (χ2v) is 14.0. The van der Waals surface area contributed by atoms with E-state index in [1.165, 1.54) is 33.5 Å². The molecule has 31 heavy (non-hydrogen) atoms. The number of hydrogen-bond donors (Lipinski definition) is 0.